The van der Waals surface area contributed by atoms with Crippen molar-refractivity contribution in [2.75, 3.05) is 0 Å². The highest BCUT2D eigenvalue weighted by Gasteiger charge is 2.19. The lowest BCUT2D eigenvalue weighted by molar-refractivity contribution is -0.123. The van der Waals surface area contributed by atoms with Crippen LogP contribution in [0.1, 0.15) is 27.7 Å². The van der Waals surface area contributed by atoms with Crippen LogP contribution in [0.3, 0.4) is 0 Å². The zero-order chi connectivity index (χ0) is 18.0. The Labute approximate surface area is 157 Å². The lowest BCUT2D eigenvalue weighted by Crippen LogP contribution is -2.21. The van der Waals surface area contributed by atoms with Crippen molar-refractivity contribution in [1.82, 2.24) is 0 Å². The van der Waals surface area contributed by atoms with Gasteiger partial charge in [0.05, 0.1) is 8.95 Å². The van der Waals surface area contributed by atoms with Gasteiger partial charge < -0.3 is 9.47 Å². The molecule has 0 aromatic heterocycles. The van der Waals surface area contributed by atoms with Crippen molar-refractivity contribution in [2.24, 2.45) is 0 Å². The van der Waals surface area contributed by atoms with E-state index in [1.54, 1.807) is 13.8 Å². The van der Waals surface area contributed by atoms with Gasteiger partial charge in [-0.2, -0.15) is 0 Å². The quantitative estimate of drug-likeness (QED) is 0.607. The van der Waals surface area contributed by atoms with Crippen LogP contribution in [0, 0.1) is 0 Å². The molecule has 6 heteroatoms. The molecule has 0 aliphatic carbocycles. The van der Waals surface area contributed by atoms with E-state index in [0.29, 0.717) is 11.5 Å². The minimum absolute atomic E-state index is 0.0577. The van der Waals surface area contributed by atoms with E-state index in [0.717, 1.165) is 19.7 Å². The highest BCUT2D eigenvalue weighted by Crippen LogP contribution is 2.42. The molecule has 0 amide bonds. The molecule has 0 aliphatic heterocycles. The molecule has 0 aliphatic rings. The third-order valence-electron chi connectivity index (χ3n) is 3.74. The molecule has 0 bridgehead atoms. The number of carbonyl (C=O) groups is 2. The largest absolute Gasteiger partial charge is 0.481 e. The van der Waals surface area contributed by atoms with Gasteiger partial charge in [-0.1, -0.05) is 0 Å². The van der Waals surface area contributed by atoms with Gasteiger partial charge in [-0.3, -0.25) is 9.59 Å². The lowest BCUT2D eigenvalue weighted by atomic mass is 10.1. The zero-order valence-corrected chi connectivity index (χ0v) is 17.0. The van der Waals surface area contributed by atoms with E-state index in [2.05, 4.69) is 31.9 Å². The number of Topliss-reactive ketones (excluding diaryl/α,β-unsaturated/α-hetero) is 2. The molecule has 2 atom stereocenters. The average Bonchev–Trinajstić information content (AvgIpc) is 2.51. The van der Waals surface area contributed by atoms with Gasteiger partial charge in [0.1, 0.15) is 11.5 Å². The van der Waals surface area contributed by atoms with Crippen LogP contribution in [0.25, 0.3) is 10.8 Å². The maximum atomic E-state index is 11.5. The van der Waals surface area contributed by atoms with Crippen LogP contribution in [0.2, 0.25) is 0 Å². The van der Waals surface area contributed by atoms with Crippen LogP contribution >= 0.6 is 31.9 Å². The number of benzene rings is 2. The normalized spacial score (nSPS) is 13.4. The van der Waals surface area contributed by atoms with Gasteiger partial charge in [0.2, 0.25) is 0 Å². The van der Waals surface area contributed by atoms with Crippen molar-refractivity contribution in [2.45, 2.75) is 39.9 Å². The monoisotopic (exact) mass is 456 g/mol. The molecule has 0 N–H and O–H groups in total. The molecule has 4 nitrogen and oxygen atoms in total. The molecular weight excluding hydrogens is 440 g/mol. The molecule has 0 fully saturated rings. The third kappa shape index (κ3) is 3.98. The van der Waals surface area contributed by atoms with E-state index < -0.39 is 12.2 Å². The summed E-state index contributed by atoms with van der Waals surface area (Å²) < 4.78 is 13.2. The van der Waals surface area contributed by atoms with Crippen molar-refractivity contribution in [1.29, 1.82) is 0 Å². The molecule has 0 heterocycles. The number of hydrogen-bond acceptors (Lipinski definition) is 4. The van der Waals surface area contributed by atoms with Gasteiger partial charge in [-0.05, 0) is 83.8 Å². The Morgan fingerprint density at radius 3 is 1.42 bits per heavy atom. The van der Waals surface area contributed by atoms with Crippen molar-refractivity contribution in [3.8, 4) is 11.5 Å². The number of carbonyl (C=O) groups excluding carboxylic acids is 2. The maximum Gasteiger partial charge on any atom is 0.169 e. The summed E-state index contributed by atoms with van der Waals surface area (Å²) in [6.07, 6.45) is -1.12. The lowest BCUT2D eigenvalue weighted by Gasteiger charge is -2.19. The van der Waals surface area contributed by atoms with E-state index in [-0.39, 0.29) is 11.6 Å². The second-order valence-corrected chi connectivity index (χ2v) is 7.30. The minimum Gasteiger partial charge on any atom is -0.481 e. The summed E-state index contributed by atoms with van der Waals surface area (Å²) in [5.41, 5.74) is 0. The molecule has 24 heavy (non-hydrogen) atoms. The summed E-state index contributed by atoms with van der Waals surface area (Å²) in [6, 6.07) is 7.44. The third-order valence-corrected chi connectivity index (χ3v) is 4.99. The van der Waals surface area contributed by atoms with Crippen LogP contribution in [0.15, 0.2) is 33.2 Å². The van der Waals surface area contributed by atoms with Crippen molar-refractivity contribution < 1.29 is 19.1 Å². The Kier molecular flexibility index (Phi) is 6.04. The van der Waals surface area contributed by atoms with Crippen molar-refractivity contribution in [3.05, 3.63) is 33.2 Å². The molecule has 0 saturated carbocycles. The first-order valence-electron chi connectivity index (χ1n) is 7.47. The number of fused-ring (bicyclic) bond motifs is 1. The van der Waals surface area contributed by atoms with E-state index in [9.17, 15) is 9.59 Å². The first-order chi connectivity index (χ1) is 11.2. The topological polar surface area (TPSA) is 52.6 Å². The van der Waals surface area contributed by atoms with E-state index in [1.165, 1.54) is 13.8 Å². The van der Waals surface area contributed by atoms with E-state index >= 15 is 0 Å². The summed E-state index contributed by atoms with van der Waals surface area (Å²) in [5.74, 6) is 1.03. The number of ether oxygens (including phenoxy) is 2. The second kappa shape index (κ2) is 7.66. The van der Waals surface area contributed by atoms with Gasteiger partial charge in [-0.25, -0.2) is 0 Å². The summed E-state index contributed by atoms with van der Waals surface area (Å²) in [6.45, 7) is 6.40. The van der Waals surface area contributed by atoms with Gasteiger partial charge in [0, 0.05) is 10.8 Å². The Hall–Kier alpha value is -1.40. The first kappa shape index (κ1) is 18.9. The second-order valence-electron chi connectivity index (χ2n) is 5.59. The summed E-state index contributed by atoms with van der Waals surface area (Å²) in [7, 11) is 0. The molecular formula is C18H18Br2O4. The number of ketones is 2. The van der Waals surface area contributed by atoms with Gasteiger partial charge >= 0.3 is 0 Å². The molecule has 0 saturated heterocycles. The first-order valence-corrected chi connectivity index (χ1v) is 9.06. The number of rotatable bonds is 6. The number of halogens is 2. The van der Waals surface area contributed by atoms with Crippen molar-refractivity contribution >= 4 is 54.2 Å². The standard InChI is InChI=1S/C18H18Br2O4/c1-9(21)11(3)23-17-13-5-8-16(20)18(24-12(4)10(2)22)14(13)6-7-15(17)19/h5-8,11-12H,1-4H3. The SMILES string of the molecule is CC(=O)C(C)Oc1c(Br)ccc2c(OC(C)C(C)=O)c(Br)ccc12. The average molecular weight is 458 g/mol. The van der Waals surface area contributed by atoms with Gasteiger partial charge in [-0.15, -0.1) is 0 Å². The molecule has 2 unspecified atom stereocenters. The summed E-state index contributed by atoms with van der Waals surface area (Å²) in [4.78, 5) is 23.1. The van der Waals surface area contributed by atoms with Crippen LogP contribution in [0.4, 0.5) is 0 Å². The Morgan fingerprint density at radius 1 is 0.792 bits per heavy atom. The Balaban J connectivity index is 2.59. The Bertz CT molecular complexity index is 734. The fourth-order valence-corrected chi connectivity index (χ4v) is 2.93. The molecule has 128 valence electrons. The molecule has 0 radical (unpaired) electrons. The van der Waals surface area contributed by atoms with E-state index in [4.69, 9.17) is 9.47 Å². The minimum atomic E-state index is -0.559. The van der Waals surface area contributed by atoms with Crippen LogP contribution in [-0.4, -0.2) is 23.8 Å². The Morgan fingerprint density at radius 2 is 1.12 bits per heavy atom. The molecule has 2 aromatic rings. The highest BCUT2D eigenvalue weighted by atomic mass is 79.9. The number of hydrogen-bond donors (Lipinski definition) is 0. The summed E-state index contributed by atoms with van der Waals surface area (Å²) in [5, 5.41) is 1.60. The van der Waals surface area contributed by atoms with E-state index in [1.807, 2.05) is 24.3 Å². The smallest absolute Gasteiger partial charge is 0.169 e. The maximum absolute atomic E-state index is 11.5. The van der Waals surface area contributed by atoms with Gasteiger partial charge in [0.25, 0.3) is 0 Å². The van der Waals surface area contributed by atoms with Crippen LogP contribution in [-0.2, 0) is 9.59 Å². The predicted molar refractivity (Wildman–Crippen MR) is 101 cm³/mol. The highest BCUT2D eigenvalue weighted by molar-refractivity contribution is 9.11. The fourth-order valence-electron chi connectivity index (χ4n) is 2.06. The van der Waals surface area contributed by atoms with Crippen molar-refractivity contribution in [3.63, 3.8) is 0 Å². The fraction of sp³-hybridized carbons (Fsp3) is 0.333. The molecule has 2 aromatic carbocycles. The van der Waals surface area contributed by atoms with Crippen LogP contribution < -0.4 is 9.47 Å². The predicted octanol–water partition coefficient (Wildman–Crippen LogP) is 5.08. The van der Waals surface area contributed by atoms with Crippen LogP contribution in [0.5, 0.6) is 11.5 Å². The molecule has 2 rings (SSSR count). The van der Waals surface area contributed by atoms with Gasteiger partial charge in [0.15, 0.2) is 23.8 Å². The summed E-state index contributed by atoms with van der Waals surface area (Å²) >= 11 is 6.94. The zero-order valence-electron chi connectivity index (χ0n) is 13.9. The molecule has 0 spiro atoms.